The molecular formula is C30H28N2O5S. The van der Waals surface area contributed by atoms with Crippen LogP contribution in [0.4, 0.5) is 5.00 Å². The molecule has 2 aromatic heterocycles. The van der Waals surface area contributed by atoms with E-state index in [2.05, 4.69) is 12.2 Å². The van der Waals surface area contributed by atoms with E-state index in [4.69, 9.17) is 19.2 Å². The number of nitrogens with zero attached hydrogens (tertiary/aromatic N) is 1. The lowest BCUT2D eigenvalue weighted by atomic mass is 9.88. The lowest BCUT2D eigenvalue weighted by Gasteiger charge is -2.19. The molecule has 1 amide bonds. The van der Waals surface area contributed by atoms with Crippen molar-refractivity contribution in [2.45, 2.75) is 46.1 Å². The van der Waals surface area contributed by atoms with Crippen LogP contribution >= 0.6 is 11.3 Å². The van der Waals surface area contributed by atoms with E-state index in [0.29, 0.717) is 44.8 Å². The van der Waals surface area contributed by atoms with Crippen molar-refractivity contribution in [3.05, 3.63) is 70.1 Å². The Kier molecular flexibility index (Phi) is 6.27. The summed E-state index contributed by atoms with van der Waals surface area (Å²) in [6.07, 6.45) is 2.45. The summed E-state index contributed by atoms with van der Waals surface area (Å²) in [6.45, 7) is 6.06. The number of hydrogen-bond acceptors (Lipinski definition) is 7. The number of benzene rings is 2. The smallest absolute Gasteiger partial charge is 0.341 e. The van der Waals surface area contributed by atoms with E-state index >= 15 is 0 Å². The summed E-state index contributed by atoms with van der Waals surface area (Å²) in [4.78, 5) is 33.0. The largest absolute Gasteiger partial charge is 0.459 e. The summed E-state index contributed by atoms with van der Waals surface area (Å²) < 4.78 is 16.6. The molecule has 0 bridgehead atoms. The van der Waals surface area contributed by atoms with E-state index in [0.717, 1.165) is 40.7 Å². The molecule has 0 saturated carbocycles. The monoisotopic (exact) mass is 528 g/mol. The van der Waals surface area contributed by atoms with Crippen LogP contribution in [0.15, 0.2) is 48.5 Å². The minimum Gasteiger partial charge on any atom is -0.459 e. The molecule has 1 unspecified atom stereocenters. The fourth-order valence-electron chi connectivity index (χ4n) is 5.07. The Morgan fingerprint density at radius 2 is 1.92 bits per heavy atom. The fraction of sp³-hybridized carbons (Fsp3) is 0.300. The quantitative estimate of drug-likeness (QED) is 0.293. The Hall–Kier alpha value is -3.91. The van der Waals surface area contributed by atoms with Gasteiger partial charge in [-0.25, -0.2) is 9.78 Å². The van der Waals surface area contributed by atoms with Gasteiger partial charge in [-0.15, -0.1) is 11.3 Å². The van der Waals surface area contributed by atoms with Crippen molar-refractivity contribution in [2.24, 2.45) is 5.92 Å². The van der Waals surface area contributed by atoms with Crippen molar-refractivity contribution in [3.63, 3.8) is 0 Å². The number of ether oxygens (including phenoxy) is 3. The SMILES string of the molecule is CC1CCc2c(sc(NC(=O)c3cc(-c4ccc5c(c4)OCO5)nc4ccccc34)c2C(=O)OC(C)C)C1. The maximum atomic E-state index is 13.8. The molecule has 0 fully saturated rings. The van der Waals surface area contributed by atoms with Gasteiger partial charge in [0.15, 0.2) is 11.5 Å². The minimum absolute atomic E-state index is 0.183. The number of para-hydroxylation sites is 1. The molecule has 2 aromatic carbocycles. The number of carbonyl (C=O) groups excluding carboxylic acids is 2. The van der Waals surface area contributed by atoms with E-state index in [1.165, 1.54) is 11.3 Å². The molecule has 1 N–H and O–H groups in total. The number of fused-ring (bicyclic) bond motifs is 3. The van der Waals surface area contributed by atoms with Crippen LogP contribution in [0.1, 0.15) is 58.3 Å². The van der Waals surface area contributed by atoms with Gasteiger partial charge in [0.1, 0.15) is 5.00 Å². The Morgan fingerprint density at radius 1 is 1.11 bits per heavy atom. The molecule has 2 aliphatic rings. The van der Waals surface area contributed by atoms with Crippen molar-refractivity contribution in [3.8, 4) is 22.8 Å². The van der Waals surface area contributed by atoms with Crippen LogP contribution in [0, 0.1) is 5.92 Å². The fourth-order valence-corrected chi connectivity index (χ4v) is 6.46. The number of amides is 1. The summed E-state index contributed by atoms with van der Waals surface area (Å²) in [7, 11) is 0. The number of rotatable bonds is 5. The van der Waals surface area contributed by atoms with Gasteiger partial charge in [0.05, 0.1) is 28.4 Å². The zero-order valence-corrected chi connectivity index (χ0v) is 22.3. The van der Waals surface area contributed by atoms with E-state index in [1.54, 1.807) is 6.07 Å². The predicted octanol–water partition coefficient (Wildman–Crippen LogP) is 6.63. The van der Waals surface area contributed by atoms with Crippen molar-refractivity contribution in [2.75, 3.05) is 12.1 Å². The topological polar surface area (TPSA) is 86.8 Å². The van der Waals surface area contributed by atoms with Gasteiger partial charge in [0.2, 0.25) is 6.79 Å². The minimum atomic E-state index is -0.386. The van der Waals surface area contributed by atoms with E-state index in [-0.39, 0.29) is 24.8 Å². The van der Waals surface area contributed by atoms with Crippen LogP contribution in [0.2, 0.25) is 0 Å². The maximum absolute atomic E-state index is 13.8. The lowest BCUT2D eigenvalue weighted by molar-refractivity contribution is 0.0378. The van der Waals surface area contributed by atoms with Gasteiger partial charge in [0, 0.05) is 15.8 Å². The third kappa shape index (κ3) is 4.49. The van der Waals surface area contributed by atoms with Crippen molar-refractivity contribution in [1.29, 1.82) is 0 Å². The first kappa shape index (κ1) is 24.4. The van der Waals surface area contributed by atoms with Crippen LogP contribution in [-0.2, 0) is 17.6 Å². The standard InChI is InChI=1S/C30H28N2O5S/c1-16(2)37-30(34)27-20-10-8-17(3)12-26(20)38-29(27)32-28(33)21-14-23(31-22-7-5-4-6-19(21)22)18-9-11-24-25(13-18)36-15-35-24/h4-7,9,11,13-14,16-17H,8,10,12,15H2,1-3H3,(H,32,33). The third-order valence-electron chi connectivity index (χ3n) is 6.91. The summed E-state index contributed by atoms with van der Waals surface area (Å²) in [6, 6.07) is 15.0. The summed E-state index contributed by atoms with van der Waals surface area (Å²) >= 11 is 1.48. The molecule has 4 aromatic rings. The highest BCUT2D eigenvalue weighted by Crippen LogP contribution is 2.41. The van der Waals surface area contributed by atoms with Gasteiger partial charge < -0.3 is 19.5 Å². The Morgan fingerprint density at radius 3 is 2.76 bits per heavy atom. The van der Waals surface area contributed by atoms with Gasteiger partial charge in [-0.05, 0) is 74.9 Å². The average Bonchev–Trinajstić information content (AvgIpc) is 3.50. The molecule has 38 heavy (non-hydrogen) atoms. The van der Waals surface area contributed by atoms with Crippen molar-refractivity contribution < 1.29 is 23.8 Å². The van der Waals surface area contributed by atoms with Gasteiger partial charge in [-0.2, -0.15) is 0 Å². The Labute approximate surface area is 224 Å². The zero-order chi connectivity index (χ0) is 26.4. The second kappa shape index (κ2) is 9.76. The van der Waals surface area contributed by atoms with E-state index < -0.39 is 0 Å². The number of hydrogen-bond donors (Lipinski definition) is 1. The van der Waals surface area contributed by atoms with Gasteiger partial charge >= 0.3 is 5.97 Å². The molecule has 1 aliphatic carbocycles. The molecule has 194 valence electrons. The van der Waals surface area contributed by atoms with Crippen LogP contribution < -0.4 is 14.8 Å². The number of carbonyl (C=O) groups is 2. The molecule has 6 rings (SSSR count). The molecule has 7 nitrogen and oxygen atoms in total. The van der Waals surface area contributed by atoms with Crippen LogP contribution in [0.25, 0.3) is 22.2 Å². The molecular weight excluding hydrogens is 500 g/mol. The normalized spacial score (nSPS) is 15.9. The summed E-state index contributed by atoms with van der Waals surface area (Å²) in [5, 5.41) is 4.35. The first-order valence-electron chi connectivity index (χ1n) is 12.8. The number of anilines is 1. The maximum Gasteiger partial charge on any atom is 0.341 e. The van der Waals surface area contributed by atoms with Crippen LogP contribution in [0.3, 0.4) is 0 Å². The number of aromatic nitrogens is 1. The molecule has 0 spiro atoms. The zero-order valence-electron chi connectivity index (χ0n) is 21.5. The van der Waals surface area contributed by atoms with E-state index in [9.17, 15) is 9.59 Å². The lowest BCUT2D eigenvalue weighted by Crippen LogP contribution is -2.19. The van der Waals surface area contributed by atoms with E-state index in [1.807, 2.05) is 56.3 Å². The highest BCUT2D eigenvalue weighted by molar-refractivity contribution is 7.17. The number of thiophene rings is 1. The second-order valence-electron chi connectivity index (χ2n) is 10.1. The molecule has 0 saturated heterocycles. The highest BCUT2D eigenvalue weighted by atomic mass is 32.1. The van der Waals surface area contributed by atoms with Gasteiger partial charge in [0.25, 0.3) is 5.91 Å². The average molecular weight is 529 g/mol. The number of esters is 1. The Bertz CT molecular complexity index is 1570. The number of nitrogens with one attached hydrogen (secondary N) is 1. The van der Waals surface area contributed by atoms with Gasteiger partial charge in [-0.3, -0.25) is 4.79 Å². The molecule has 0 radical (unpaired) electrons. The van der Waals surface area contributed by atoms with Crippen molar-refractivity contribution >= 4 is 39.1 Å². The molecule has 8 heteroatoms. The summed E-state index contributed by atoms with van der Waals surface area (Å²) in [5.74, 6) is 1.19. The van der Waals surface area contributed by atoms with Gasteiger partial charge in [-0.1, -0.05) is 25.1 Å². The summed E-state index contributed by atoms with van der Waals surface area (Å²) in [5.41, 5.74) is 4.14. The first-order chi connectivity index (χ1) is 18.4. The van der Waals surface area contributed by atoms with Crippen molar-refractivity contribution in [1.82, 2.24) is 4.98 Å². The molecule has 3 heterocycles. The first-order valence-corrected chi connectivity index (χ1v) is 13.7. The highest BCUT2D eigenvalue weighted by Gasteiger charge is 2.30. The van der Waals surface area contributed by atoms with Crippen LogP contribution in [0.5, 0.6) is 11.5 Å². The number of pyridine rings is 1. The molecule has 1 atom stereocenters. The third-order valence-corrected chi connectivity index (χ3v) is 8.08. The van der Waals surface area contributed by atoms with Crippen LogP contribution in [-0.4, -0.2) is 29.8 Å². The Balaban J connectivity index is 1.41. The molecule has 1 aliphatic heterocycles. The second-order valence-corrected chi connectivity index (χ2v) is 11.2. The predicted molar refractivity (Wildman–Crippen MR) is 147 cm³/mol.